The predicted molar refractivity (Wildman–Crippen MR) is 89.6 cm³/mol. The van der Waals surface area contributed by atoms with E-state index >= 15 is 0 Å². The number of carboxylic acid groups (broad SMARTS) is 1. The van der Waals surface area contributed by atoms with Crippen LogP contribution in [0.1, 0.15) is 31.2 Å². The van der Waals surface area contributed by atoms with E-state index in [2.05, 4.69) is 56.2 Å². The summed E-state index contributed by atoms with van der Waals surface area (Å²) >= 11 is 5.83. The fraction of sp³-hybridized carbons (Fsp3) is 0.333. The largest absolute Gasteiger partial charge is 0.477 e. The first-order valence-corrected chi connectivity index (χ1v) is 8.17. The summed E-state index contributed by atoms with van der Waals surface area (Å²) < 4.78 is -0.196. The summed E-state index contributed by atoms with van der Waals surface area (Å²) in [6.07, 6.45) is 1.78. The third-order valence-corrected chi connectivity index (χ3v) is 5.15. The number of amides is 1. The van der Waals surface area contributed by atoms with E-state index in [4.69, 9.17) is 5.11 Å². The van der Waals surface area contributed by atoms with Crippen LogP contribution >= 0.6 is 31.9 Å². The maximum atomic E-state index is 11.8. The van der Waals surface area contributed by atoms with Crippen LogP contribution in [0.25, 0.3) is 0 Å². The topological polar surface area (TPSA) is 66.4 Å². The van der Waals surface area contributed by atoms with E-state index in [-0.39, 0.29) is 8.96 Å². The Morgan fingerprint density at radius 3 is 2.33 bits per heavy atom. The molecule has 0 heterocycles. The number of halogens is 2. The molecular weight excluding hydrogens is 402 g/mol. The number of carbonyl (C=O) groups excluding carboxylic acids is 1. The number of carbonyl (C=O) groups is 2. The van der Waals surface area contributed by atoms with Gasteiger partial charge in [0.05, 0.1) is 0 Å². The molecule has 0 aliphatic heterocycles. The molecule has 0 aliphatic rings. The Bertz CT molecular complexity index is 529. The van der Waals surface area contributed by atoms with Crippen LogP contribution in [0.4, 0.5) is 0 Å². The number of hydrogen-bond donors (Lipinski definition) is 2. The maximum Gasteiger partial charge on any atom is 0.344 e. The van der Waals surface area contributed by atoms with Crippen molar-refractivity contribution in [2.75, 3.05) is 6.54 Å². The zero-order chi connectivity index (χ0) is 15.8. The zero-order valence-corrected chi connectivity index (χ0v) is 14.8. The molecule has 1 aromatic carbocycles. The highest BCUT2D eigenvalue weighted by molar-refractivity contribution is 9.14. The molecule has 0 saturated carbocycles. The summed E-state index contributed by atoms with van der Waals surface area (Å²) in [6, 6.07) is 10.1. The lowest BCUT2D eigenvalue weighted by Crippen LogP contribution is -2.26. The average Bonchev–Trinajstić information content (AvgIpc) is 2.50. The van der Waals surface area contributed by atoms with Crippen molar-refractivity contribution >= 4 is 43.7 Å². The molecule has 114 valence electrons. The Morgan fingerprint density at radius 2 is 1.81 bits per heavy atom. The normalized spacial score (nSPS) is 13.3. The van der Waals surface area contributed by atoms with Gasteiger partial charge in [0.25, 0.3) is 5.91 Å². The molecular formula is C15H17Br2NO3. The third kappa shape index (κ3) is 5.63. The minimum absolute atomic E-state index is 0.0113. The van der Waals surface area contributed by atoms with E-state index in [0.717, 1.165) is 12.8 Å². The Labute approximate surface area is 140 Å². The molecule has 4 nitrogen and oxygen atoms in total. The lowest BCUT2D eigenvalue weighted by Gasteiger charge is -2.15. The van der Waals surface area contributed by atoms with Gasteiger partial charge in [-0.25, -0.2) is 4.79 Å². The van der Waals surface area contributed by atoms with Crippen molar-refractivity contribution in [3.63, 3.8) is 0 Å². The molecule has 1 rings (SSSR count). The minimum atomic E-state index is -1.19. The van der Waals surface area contributed by atoms with Gasteiger partial charge in [-0.3, -0.25) is 4.79 Å². The molecule has 1 atom stereocenters. The molecule has 0 aromatic heterocycles. The molecule has 0 fully saturated rings. The Kier molecular flexibility index (Phi) is 7.67. The van der Waals surface area contributed by atoms with E-state index in [1.54, 1.807) is 0 Å². The van der Waals surface area contributed by atoms with E-state index in [9.17, 15) is 9.59 Å². The summed E-state index contributed by atoms with van der Waals surface area (Å²) in [6.45, 7) is 2.59. The molecule has 1 unspecified atom stereocenters. The summed E-state index contributed by atoms with van der Waals surface area (Å²) in [4.78, 5) is 22.5. The first kappa shape index (κ1) is 17.9. The minimum Gasteiger partial charge on any atom is -0.477 e. The second-order valence-electron chi connectivity index (χ2n) is 4.49. The molecule has 0 aliphatic carbocycles. The summed E-state index contributed by atoms with van der Waals surface area (Å²) in [5.41, 5.74) is 1.25. The number of benzene rings is 1. The predicted octanol–water partition coefficient (Wildman–Crippen LogP) is 3.77. The lowest BCUT2D eigenvalue weighted by molar-refractivity contribution is -0.132. The maximum absolute atomic E-state index is 11.8. The van der Waals surface area contributed by atoms with Crippen molar-refractivity contribution in [2.45, 2.75) is 25.7 Å². The number of carboxylic acids is 1. The highest BCUT2D eigenvalue weighted by Gasteiger charge is 2.16. The van der Waals surface area contributed by atoms with Gasteiger partial charge in [0.2, 0.25) is 0 Å². The molecule has 0 spiro atoms. The quantitative estimate of drug-likeness (QED) is 0.662. The van der Waals surface area contributed by atoms with Gasteiger partial charge in [-0.05, 0) is 56.2 Å². The lowest BCUT2D eigenvalue weighted by atomic mass is 9.93. The van der Waals surface area contributed by atoms with Crippen LogP contribution in [0, 0.1) is 0 Å². The number of rotatable bonds is 7. The molecule has 0 bridgehead atoms. The van der Waals surface area contributed by atoms with Crippen molar-refractivity contribution in [3.8, 4) is 0 Å². The summed E-state index contributed by atoms with van der Waals surface area (Å²) in [7, 11) is 0. The molecule has 0 radical (unpaired) electrons. The highest BCUT2D eigenvalue weighted by atomic mass is 79.9. The standard InChI is InChI=1S/C15H17Br2NO3/c1-2-10(11-6-4-3-5-7-11)8-9-18-14(19)12(16)13(17)15(20)21/h3-7,10H,2,8-9H2,1H3,(H,18,19)(H,20,21)/b13-12-. The van der Waals surface area contributed by atoms with Crippen LogP contribution in [-0.4, -0.2) is 23.5 Å². The van der Waals surface area contributed by atoms with E-state index in [1.807, 2.05) is 18.2 Å². The second kappa shape index (κ2) is 9.00. The van der Waals surface area contributed by atoms with Crippen molar-refractivity contribution in [2.24, 2.45) is 0 Å². The molecule has 1 aromatic rings. The van der Waals surface area contributed by atoms with E-state index in [1.165, 1.54) is 5.56 Å². The Morgan fingerprint density at radius 1 is 1.19 bits per heavy atom. The molecule has 21 heavy (non-hydrogen) atoms. The molecule has 1 amide bonds. The Hall–Kier alpha value is -1.14. The van der Waals surface area contributed by atoms with Gasteiger partial charge in [-0.15, -0.1) is 0 Å². The summed E-state index contributed by atoms with van der Waals surface area (Å²) in [5, 5.41) is 11.5. The first-order chi connectivity index (χ1) is 9.97. The Balaban J connectivity index is 2.54. The summed E-state index contributed by atoms with van der Waals surface area (Å²) in [5.74, 6) is -1.25. The van der Waals surface area contributed by atoms with Crippen molar-refractivity contribution in [1.29, 1.82) is 0 Å². The van der Waals surface area contributed by atoms with Gasteiger partial charge in [-0.1, -0.05) is 37.3 Å². The van der Waals surface area contributed by atoms with Gasteiger partial charge >= 0.3 is 5.97 Å². The third-order valence-electron chi connectivity index (χ3n) is 3.12. The SMILES string of the molecule is CCC(CCNC(=O)/C(Br)=C(/Br)C(=O)O)c1ccccc1. The fourth-order valence-corrected chi connectivity index (χ4v) is 2.45. The van der Waals surface area contributed by atoms with Crippen LogP contribution in [0.2, 0.25) is 0 Å². The monoisotopic (exact) mass is 417 g/mol. The molecule has 2 N–H and O–H groups in total. The van der Waals surface area contributed by atoms with Crippen LogP contribution in [0.3, 0.4) is 0 Å². The van der Waals surface area contributed by atoms with Gasteiger partial charge in [0.1, 0.15) is 8.96 Å². The van der Waals surface area contributed by atoms with E-state index in [0.29, 0.717) is 12.5 Å². The van der Waals surface area contributed by atoms with Crippen molar-refractivity contribution in [1.82, 2.24) is 5.32 Å². The van der Waals surface area contributed by atoms with Gasteiger partial charge in [0.15, 0.2) is 0 Å². The number of aliphatic carboxylic acids is 1. The number of nitrogens with one attached hydrogen (secondary N) is 1. The first-order valence-electron chi connectivity index (χ1n) is 6.59. The van der Waals surface area contributed by atoms with Gasteiger partial charge < -0.3 is 10.4 Å². The molecule has 6 heteroatoms. The average molecular weight is 419 g/mol. The van der Waals surface area contributed by atoms with Crippen LogP contribution in [0.15, 0.2) is 39.3 Å². The second-order valence-corrected chi connectivity index (χ2v) is 6.08. The van der Waals surface area contributed by atoms with Gasteiger partial charge in [0, 0.05) is 6.54 Å². The van der Waals surface area contributed by atoms with E-state index < -0.39 is 11.9 Å². The number of hydrogen-bond acceptors (Lipinski definition) is 2. The van der Waals surface area contributed by atoms with Crippen LogP contribution in [-0.2, 0) is 9.59 Å². The smallest absolute Gasteiger partial charge is 0.344 e. The molecule has 0 saturated heterocycles. The van der Waals surface area contributed by atoms with Crippen molar-refractivity contribution < 1.29 is 14.7 Å². The fourth-order valence-electron chi connectivity index (χ4n) is 1.96. The zero-order valence-electron chi connectivity index (χ0n) is 11.6. The highest BCUT2D eigenvalue weighted by Crippen LogP contribution is 2.23. The van der Waals surface area contributed by atoms with Crippen LogP contribution in [0.5, 0.6) is 0 Å². The van der Waals surface area contributed by atoms with Crippen molar-refractivity contribution in [3.05, 3.63) is 44.9 Å². The van der Waals surface area contributed by atoms with Crippen LogP contribution < -0.4 is 5.32 Å². The van der Waals surface area contributed by atoms with Gasteiger partial charge in [-0.2, -0.15) is 0 Å².